The van der Waals surface area contributed by atoms with Gasteiger partial charge in [-0.25, -0.2) is 9.79 Å². The third-order valence-electron chi connectivity index (χ3n) is 6.20. The van der Waals surface area contributed by atoms with Crippen molar-refractivity contribution in [3.8, 4) is 5.75 Å². The van der Waals surface area contributed by atoms with E-state index in [1.54, 1.807) is 18.6 Å². The predicted octanol–water partition coefficient (Wildman–Crippen LogP) is 4.71. The van der Waals surface area contributed by atoms with Crippen LogP contribution in [0.15, 0.2) is 69.6 Å². The van der Waals surface area contributed by atoms with Crippen LogP contribution in [0.5, 0.6) is 5.75 Å². The molecule has 2 aromatic carbocycles. The highest BCUT2D eigenvalue weighted by Crippen LogP contribution is 2.33. The summed E-state index contributed by atoms with van der Waals surface area (Å²) in [6.07, 6.45) is 3.29. The molecule has 188 valence electrons. The number of rotatable bonds is 8. The van der Waals surface area contributed by atoms with Gasteiger partial charge in [-0.1, -0.05) is 74.9 Å². The molecular formula is C29H32N2O4S. The largest absolute Gasteiger partial charge is 0.497 e. The summed E-state index contributed by atoms with van der Waals surface area (Å²) in [5, 5.41) is 0. The maximum absolute atomic E-state index is 13.8. The van der Waals surface area contributed by atoms with Crippen LogP contribution < -0.4 is 19.6 Å². The van der Waals surface area contributed by atoms with Crippen LogP contribution >= 0.6 is 11.3 Å². The van der Waals surface area contributed by atoms with Crippen LogP contribution in [0.1, 0.15) is 69.2 Å². The molecule has 7 heteroatoms. The molecule has 1 aromatic heterocycles. The van der Waals surface area contributed by atoms with Crippen molar-refractivity contribution in [2.24, 2.45) is 4.99 Å². The first-order valence-corrected chi connectivity index (χ1v) is 13.1. The Labute approximate surface area is 215 Å². The molecule has 0 N–H and O–H groups in total. The van der Waals surface area contributed by atoms with Gasteiger partial charge in [0.25, 0.3) is 5.56 Å². The molecule has 0 saturated heterocycles. The molecule has 1 aliphatic rings. The topological polar surface area (TPSA) is 69.9 Å². The van der Waals surface area contributed by atoms with Crippen molar-refractivity contribution in [2.45, 2.75) is 52.5 Å². The van der Waals surface area contributed by atoms with Gasteiger partial charge in [-0.3, -0.25) is 9.36 Å². The lowest BCUT2D eigenvalue weighted by Crippen LogP contribution is -2.40. The van der Waals surface area contributed by atoms with Crippen LogP contribution in [0.25, 0.3) is 6.08 Å². The third kappa shape index (κ3) is 5.07. The molecule has 1 atom stereocenters. The molecule has 4 rings (SSSR count). The van der Waals surface area contributed by atoms with Gasteiger partial charge in [0.05, 0.1) is 35.6 Å². The Balaban J connectivity index is 1.96. The van der Waals surface area contributed by atoms with Crippen molar-refractivity contribution in [1.82, 2.24) is 4.57 Å². The fraction of sp³-hybridized carbons (Fsp3) is 0.345. The summed E-state index contributed by atoms with van der Waals surface area (Å²) in [4.78, 5) is 32.5. The monoisotopic (exact) mass is 504 g/mol. The van der Waals surface area contributed by atoms with E-state index in [0.717, 1.165) is 23.3 Å². The third-order valence-corrected chi connectivity index (χ3v) is 7.19. The van der Waals surface area contributed by atoms with Gasteiger partial charge < -0.3 is 9.47 Å². The highest BCUT2D eigenvalue weighted by atomic mass is 32.1. The number of benzene rings is 2. The van der Waals surface area contributed by atoms with Crippen molar-refractivity contribution in [3.05, 3.63) is 96.2 Å². The highest BCUT2D eigenvalue weighted by molar-refractivity contribution is 7.07. The number of methoxy groups -OCH3 is 1. The van der Waals surface area contributed by atoms with E-state index in [2.05, 4.69) is 32.9 Å². The van der Waals surface area contributed by atoms with Gasteiger partial charge >= 0.3 is 5.97 Å². The molecular weight excluding hydrogens is 472 g/mol. The summed E-state index contributed by atoms with van der Waals surface area (Å²) >= 11 is 1.33. The molecule has 0 fully saturated rings. The molecule has 0 amide bonds. The molecule has 1 aliphatic heterocycles. The predicted molar refractivity (Wildman–Crippen MR) is 143 cm³/mol. The average Bonchev–Trinajstić information content (AvgIpc) is 3.18. The Morgan fingerprint density at radius 1 is 1.17 bits per heavy atom. The molecule has 6 nitrogen and oxygen atoms in total. The zero-order valence-electron chi connectivity index (χ0n) is 21.4. The Hall–Kier alpha value is -3.45. The smallest absolute Gasteiger partial charge is 0.338 e. The first kappa shape index (κ1) is 25.6. The molecule has 0 saturated carbocycles. The number of aromatic nitrogens is 1. The lowest BCUT2D eigenvalue weighted by molar-refractivity contribution is -0.139. The minimum Gasteiger partial charge on any atom is -0.497 e. The summed E-state index contributed by atoms with van der Waals surface area (Å²) in [6.45, 7) is 8.37. The van der Waals surface area contributed by atoms with Crippen LogP contribution in [0.4, 0.5) is 0 Å². The van der Waals surface area contributed by atoms with Gasteiger partial charge in [0, 0.05) is 0 Å². The van der Waals surface area contributed by atoms with E-state index in [1.165, 1.54) is 16.9 Å². The number of fused-ring (bicyclic) bond motifs is 1. The summed E-state index contributed by atoms with van der Waals surface area (Å²) in [6, 6.07) is 15.1. The summed E-state index contributed by atoms with van der Waals surface area (Å²) < 4.78 is 13.0. The molecule has 2 heterocycles. The van der Waals surface area contributed by atoms with Gasteiger partial charge in [0.1, 0.15) is 5.75 Å². The van der Waals surface area contributed by atoms with Gasteiger partial charge in [-0.05, 0) is 54.2 Å². The zero-order valence-corrected chi connectivity index (χ0v) is 22.2. The quantitative estimate of drug-likeness (QED) is 0.417. The van der Waals surface area contributed by atoms with Crippen molar-refractivity contribution < 1.29 is 14.3 Å². The number of thiazole rings is 1. The number of hydrogen-bond acceptors (Lipinski definition) is 6. The summed E-state index contributed by atoms with van der Waals surface area (Å²) in [5.41, 5.74) is 3.85. The minimum atomic E-state index is -0.601. The Morgan fingerprint density at radius 2 is 1.92 bits per heavy atom. The van der Waals surface area contributed by atoms with Gasteiger partial charge in [-0.2, -0.15) is 0 Å². The molecule has 0 unspecified atom stereocenters. The second-order valence-corrected chi connectivity index (χ2v) is 10.0. The van der Waals surface area contributed by atoms with Crippen LogP contribution in [-0.4, -0.2) is 24.3 Å². The lowest BCUT2D eigenvalue weighted by atomic mass is 9.92. The van der Waals surface area contributed by atoms with Crippen molar-refractivity contribution in [3.63, 3.8) is 0 Å². The number of carbonyl (C=O) groups excluding carboxylic acids is 1. The molecule has 0 aliphatic carbocycles. The fourth-order valence-electron chi connectivity index (χ4n) is 4.38. The number of carbonyl (C=O) groups is 1. The maximum Gasteiger partial charge on any atom is 0.338 e. The van der Waals surface area contributed by atoms with E-state index >= 15 is 0 Å². The molecule has 0 bridgehead atoms. The van der Waals surface area contributed by atoms with Crippen LogP contribution in [0.2, 0.25) is 0 Å². The standard InChI is InChI=1S/C29H32N2O4S/c1-6-9-23-25(28(33)35-7-2)26(21-14-12-20(13-15-21)18(3)4)31-27(32)24(36-29(31)30-23)17-19-10-8-11-22(16-19)34-5/h8,10-18,26H,6-7,9H2,1-5H3/b24-17+/t26-/m0/s1. The first-order chi connectivity index (χ1) is 17.4. The lowest BCUT2D eigenvalue weighted by Gasteiger charge is -2.26. The second kappa shape index (κ2) is 11.1. The molecule has 3 aromatic rings. The highest BCUT2D eigenvalue weighted by Gasteiger charge is 2.34. The van der Waals surface area contributed by atoms with Gasteiger partial charge in [-0.15, -0.1) is 0 Å². The Kier molecular flexibility index (Phi) is 7.89. The van der Waals surface area contributed by atoms with Gasteiger partial charge in [0.15, 0.2) is 4.80 Å². The number of ether oxygens (including phenoxy) is 2. The maximum atomic E-state index is 13.8. The fourth-order valence-corrected chi connectivity index (χ4v) is 5.40. The number of hydrogen-bond donors (Lipinski definition) is 0. The number of allylic oxidation sites excluding steroid dienone is 1. The Morgan fingerprint density at radius 3 is 2.56 bits per heavy atom. The SMILES string of the molecule is CCCC1=C(C(=O)OCC)[C@H](c2ccc(C(C)C)cc2)n2c(s/c(=C/c3cccc(OC)c3)c2=O)=N1. The van der Waals surface area contributed by atoms with Crippen LogP contribution in [0, 0.1) is 0 Å². The van der Waals surface area contributed by atoms with Crippen LogP contribution in [0.3, 0.4) is 0 Å². The van der Waals surface area contributed by atoms with E-state index in [1.807, 2.05) is 42.5 Å². The van der Waals surface area contributed by atoms with Crippen molar-refractivity contribution in [1.29, 1.82) is 0 Å². The first-order valence-electron chi connectivity index (χ1n) is 12.3. The van der Waals surface area contributed by atoms with Crippen molar-refractivity contribution in [2.75, 3.05) is 13.7 Å². The Bertz CT molecular complexity index is 1460. The molecule has 36 heavy (non-hydrogen) atoms. The summed E-state index contributed by atoms with van der Waals surface area (Å²) in [7, 11) is 1.61. The normalized spacial score (nSPS) is 15.6. The zero-order chi connectivity index (χ0) is 25.8. The second-order valence-electron chi connectivity index (χ2n) is 9.01. The minimum absolute atomic E-state index is 0.183. The van der Waals surface area contributed by atoms with Gasteiger partial charge in [0.2, 0.25) is 0 Å². The average molecular weight is 505 g/mol. The van der Waals surface area contributed by atoms with E-state index in [4.69, 9.17) is 14.5 Å². The van der Waals surface area contributed by atoms with Crippen molar-refractivity contribution >= 4 is 23.4 Å². The number of esters is 1. The molecule has 0 radical (unpaired) electrons. The van der Waals surface area contributed by atoms with E-state index in [9.17, 15) is 9.59 Å². The van der Waals surface area contributed by atoms with Crippen LogP contribution in [-0.2, 0) is 9.53 Å². The molecule has 0 spiro atoms. The summed E-state index contributed by atoms with van der Waals surface area (Å²) in [5.74, 6) is 0.666. The number of nitrogens with zero attached hydrogens (tertiary/aromatic N) is 2. The van der Waals surface area contributed by atoms with E-state index < -0.39 is 12.0 Å². The van der Waals surface area contributed by atoms with E-state index in [0.29, 0.717) is 32.9 Å². The van der Waals surface area contributed by atoms with E-state index in [-0.39, 0.29) is 12.2 Å².